The molecule has 8 heteroatoms. The highest BCUT2D eigenvalue weighted by molar-refractivity contribution is 5.94. The van der Waals surface area contributed by atoms with Gasteiger partial charge in [0.05, 0.1) is 11.4 Å². The van der Waals surface area contributed by atoms with Gasteiger partial charge in [-0.05, 0) is 31.0 Å². The van der Waals surface area contributed by atoms with Crippen molar-refractivity contribution in [2.45, 2.75) is 19.9 Å². The van der Waals surface area contributed by atoms with E-state index in [1.165, 1.54) is 14.8 Å². The smallest absolute Gasteiger partial charge is 0.332 e. The number of benzene rings is 2. The third kappa shape index (κ3) is 3.96. The Kier molecular flexibility index (Phi) is 5.24. The Bertz CT molecular complexity index is 1000. The van der Waals surface area contributed by atoms with E-state index in [2.05, 4.69) is 15.5 Å². The van der Waals surface area contributed by atoms with Gasteiger partial charge in [-0.25, -0.2) is 14.8 Å². The molecule has 0 spiro atoms. The standard InChI is InChI=1S/C21H22N6O2/c1-16-19(24-27(23-16)18-11-6-3-7-12-18)20(28)25-13-8-14-26(25)21(29)22-15-17-9-4-2-5-10-17/h2-7,9-12H,8,13-15H2,1H3,(H,22,29). The number of nitrogens with zero attached hydrogens (tertiary/aromatic N) is 5. The van der Waals surface area contributed by atoms with Gasteiger partial charge in [-0.15, -0.1) is 5.10 Å². The van der Waals surface area contributed by atoms with Crippen LogP contribution in [0.15, 0.2) is 60.7 Å². The zero-order valence-electron chi connectivity index (χ0n) is 16.2. The molecule has 1 fully saturated rings. The van der Waals surface area contributed by atoms with Crippen LogP contribution in [-0.4, -0.2) is 50.0 Å². The summed E-state index contributed by atoms with van der Waals surface area (Å²) in [4.78, 5) is 27.2. The molecule has 1 saturated heterocycles. The highest BCUT2D eigenvalue weighted by Crippen LogP contribution is 2.17. The van der Waals surface area contributed by atoms with E-state index in [0.717, 1.165) is 17.7 Å². The van der Waals surface area contributed by atoms with Crippen molar-refractivity contribution in [1.82, 2.24) is 30.3 Å². The molecule has 0 atom stereocenters. The molecular weight excluding hydrogens is 368 g/mol. The first-order chi connectivity index (χ1) is 14.1. The van der Waals surface area contributed by atoms with Gasteiger partial charge in [0, 0.05) is 19.6 Å². The van der Waals surface area contributed by atoms with Gasteiger partial charge in [0.25, 0.3) is 5.91 Å². The normalized spacial score (nSPS) is 13.6. The maximum Gasteiger partial charge on any atom is 0.336 e. The minimum absolute atomic E-state index is 0.247. The van der Waals surface area contributed by atoms with E-state index < -0.39 is 0 Å². The fourth-order valence-corrected chi connectivity index (χ4v) is 3.27. The zero-order valence-corrected chi connectivity index (χ0v) is 16.2. The van der Waals surface area contributed by atoms with Crippen molar-refractivity contribution in [2.75, 3.05) is 13.1 Å². The van der Waals surface area contributed by atoms with Gasteiger partial charge in [0.15, 0.2) is 5.69 Å². The molecule has 148 valence electrons. The predicted octanol–water partition coefficient (Wildman–Crippen LogP) is 2.55. The van der Waals surface area contributed by atoms with Crippen LogP contribution in [-0.2, 0) is 6.54 Å². The molecule has 0 aliphatic carbocycles. The Morgan fingerprint density at radius 3 is 2.31 bits per heavy atom. The maximum atomic E-state index is 13.1. The molecule has 4 rings (SSSR count). The number of aromatic nitrogens is 3. The number of urea groups is 1. The first-order valence-corrected chi connectivity index (χ1v) is 9.54. The van der Waals surface area contributed by atoms with Crippen LogP contribution < -0.4 is 5.32 Å². The van der Waals surface area contributed by atoms with Crippen molar-refractivity contribution in [3.63, 3.8) is 0 Å². The number of hydrazine groups is 1. The topological polar surface area (TPSA) is 83.4 Å². The second-order valence-electron chi connectivity index (χ2n) is 6.81. The summed E-state index contributed by atoms with van der Waals surface area (Å²) in [5, 5.41) is 14.5. The fraction of sp³-hybridized carbons (Fsp3) is 0.238. The van der Waals surface area contributed by atoms with Crippen molar-refractivity contribution in [1.29, 1.82) is 0 Å². The molecule has 0 saturated carbocycles. The Morgan fingerprint density at radius 1 is 0.931 bits per heavy atom. The highest BCUT2D eigenvalue weighted by Gasteiger charge is 2.33. The number of aryl methyl sites for hydroxylation is 1. The van der Waals surface area contributed by atoms with Crippen LogP contribution in [0, 0.1) is 6.92 Å². The summed E-state index contributed by atoms with van der Waals surface area (Å²) in [7, 11) is 0. The number of carbonyl (C=O) groups is 2. The Balaban J connectivity index is 1.48. The molecule has 0 radical (unpaired) electrons. The fourth-order valence-electron chi connectivity index (χ4n) is 3.27. The van der Waals surface area contributed by atoms with Gasteiger partial charge in [0.1, 0.15) is 0 Å². The lowest BCUT2D eigenvalue weighted by molar-refractivity contribution is 0.0369. The van der Waals surface area contributed by atoms with E-state index in [9.17, 15) is 9.59 Å². The molecule has 29 heavy (non-hydrogen) atoms. The van der Waals surface area contributed by atoms with E-state index in [0.29, 0.717) is 25.3 Å². The number of amides is 3. The molecule has 3 amide bonds. The average Bonchev–Trinajstić information content (AvgIpc) is 3.40. The second-order valence-corrected chi connectivity index (χ2v) is 6.81. The third-order valence-corrected chi connectivity index (χ3v) is 4.76. The summed E-state index contributed by atoms with van der Waals surface area (Å²) >= 11 is 0. The van der Waals surface area contributed by atoms with E-state index in [1.807, 2.05) is 60.7 Å². The lowest BCUT2D eigenvalue weighted by Crippen LogP contribution is -2.49. The van der Waals surface area contributed by atoms with Crippen molar-refractivity contribution in [3.05, 3.63) is 77.6 Å². The number of hydrogen-bond acceptors (Lipinski definition) is 4. The Morgan fingerprint density at radius 2 is 1.59 bits per heavy atom. The van der Waals surface area contributed by atoms with Crippen LogP contribution in [0.4, 0.5) is 4.79 Å². The van der Waals surface area contributed by atoms with Gasteiger partial charge >= 0.3 is 6.03 Å². The molecule has 1 aromatic heterocycles. The lowest BCUT2D eigenvalue weighted by Gasteiger charge is -2.27. The summed E-state index contributed by atoms with van der Waals surface area (Å²) in [6.07, 6.45) is 0.719. The molecule has 3 aromatic rings. The van der Waals surface area contributed by atoms with Gasteiger partial charge in [0.2, 0.25) is 0 Å². The number of hydrogen-bond donors (Lipinski definition) is 1. The molecule has 0 bridgehead atoms. The molecule has 1 N–H and O–H groups in total. The number of para-hydroxylation sites is 1. The molecule has 1 aliphatic rings. The first-order valence-electron chi connectivity index (χ1n) is 9.54. The van der Waals surface area contributed by atoms with Crippen LogP contribution in [0.25, 0.3) is 5.69 Å². The monoisotopic (exact) mass is 390 g/mol. The minimum atomic E-state index is -0.322. The number of nitrogens with one attached hydrogen (secondary N) is 1. The van der Waals surface area contributed by atoms with Crippen molar-refractivity contribution in [2.24, 2.45) is 0 Å². The first kappa shape index (κ1) is 18.7. The van der Waals surface area contributed by atoms with Gasteiger partial charge in [-0.1, -0.05) is 48.5 Å². The van der Waals surface area contributed by atoms with E-state index in [1.54, 1.807) is 6.92 Å². The zero-order chi connectivity index (χ0) is 20.2. The van der Waals surface area contributed by atoms with Crippen LogP contribution in [0.1, 0.15) is 28.2 Å². The largest absolute Gasteiger partial charge is 0.336 e. The molecule has 1 aliphatic heterocycles. The van der Waals surface area contributed by atoms with E-state index >= 15 is 0 Å². The third-order valence-electron chi connectivity index (χ3n) is 4.76. The molecular formula is C21H22N6O2. The van der Waals surface area contributed by atoms with Gasteiger partial charge < -0.3 is 5.32 Å². The summed E-state index contributed by atoms with van der Waals surface area (Å²) in [6.45, 7) is 3.10. The molecule has 0 unspecified atom stereocenters. The van der Waals surface area contributed by atoms with Gasteiger partial charge in [-0.2, -0.15) is 9.90 Å². The summed E-state index contributed by atoms with van der Waals surface area (Å²) in [6, 6.07) is 18.8. The van der Waals surface area contributed by atoms with Crippen molar-refractivity contribution >= 4 is 11.9 Å². The summed E-state index contributed by atoms with van der Waals surface area (Å²) < 4.78 is 0. The van der Waals surface area contributed by atoms with Crippen LogP contribution in [0.3, 0.4) is 0 Å². The predicted molar refractivity (Wildman–Crippen MR) is 107 cm³/mol. The average molecular weight is 390 g/mol. The quantitative estimate of drug-likeness (QED) is 0.742. The maximum absolute atomic E-state index is 13.1. The van der Waals surface area contributed by atoms with E-state index in [-0.39, 0.29) is 17.6 Å². The summed E-state index contributed by atoms with van der Waals surface area (Å²) in [5.74, 6) is -0.322. The minimum Gasteiger partial charge on any atom is -0.332 e. The molecule has 2 heterocycles. The van der Waals surface area contributed by atoms with Crippen LogP contribution in [0.5, 0.6) is 0 Å². The Labute approximate surface area is 168 Å². The van der Waals surface area contributed by atoms with Crippen molar-refractivity contribution < 1.29 is 9.59 Å². The highest BCUT2D eigenvalue weighted by atomic mass is 16.2. The second kappa shape index (κ2) is 8.14. The molecule has 2 aromatic carbocycles. The van der Waals surface area contributed by atoms with E-state index in [4.69, 9.17) is 0 Å². The summed E-state index contributed by atoms with van der Waals surface area (Å²) in [5.41, 5.74) is 2.54. The number of rotatable bonds is 4. The Hall–Kier alpha value is -3.68. The lowest BCUT2D eigenvalue weighted by atomic mass is 10.2. The van der Waals surface area contributed by atoms with Crippen LogP contribution in [0.2, 0.25) is 0 Å². The molecule has 8 nitrogen and oxygen atoms in total. The van der Waals surface area contributed by atoms with Crippen LogP contribution >= 0.6 is 0 Å². The van der Waals surface area contributed by atoms with Gasteiger partial charge in [-0.3, -0.25) is 4.79 Å². The van der Waals surface area contributed by atoms with Crippen molar-refractivity contribution in [3.8, 4) is 5.69 Å². The number of carbonyl (C=O) groups excluding carboxylic acids is 2. The SMILES string of the molecule is Cc1nn(-c2ccccc2)nc1C(=O)N1CCCN1C(=O)NCc1ccccc1.